The number of nitrogens with zero attached hydrogens (tertiary/aromatic N) is 1. The van der Waals surface area contributed by atoms with Crippen LogP contribution in [0.4, 0.5) is 10.1 Å². The molecule has 0 aliphatic heterocycles. The number of benzene rings is 3. The molecule has 0 saturated carbocycles. The molecule has 2 N–H and O–H groups in total. The third-order valence-corrected chi connectivity index (χ3v) is 6.72. The van der Waals surface area contributed by atoms with Crippen LogP contribution < -0.4 is 21.2 Å². The van der Waals surface area contributed by atoms with Crippen LogP contribution in [0.2, 0.25) is 0 Å². The van der Waals surface area contributed by atoms with Gasteiger partial charge in [-0.2, -0.15) is 0 Å². The lowest BCUT2D eigenvalue weighted by molar-refractivity contribution is 0.0693. The van der Waals surface area contributed by atoms with Crippen LogP contribution in [0.25, 0.3) is 35.1 Å². The Morgan fingerprint density at radius 3 is 2.63 bits per heavy atom. The molecule has 0 bridgehead atoms. The molecule has 196 valence electrons. The molecule has 4 aromatic rings. The summed E-state index contributed by atoms with van der Waals surface area (Å²) < 4.78 is 20.6. The number of carbonyl (C=O) groups is 1. The Hall–Kier alpha value is -4.39. The summed E-state index contributed by atoms with van der Waals surface area (Å²) in [5.41, 5.74) is 3.10. The second kappa shape index (κ2) is 10.5. The number of aromatic carboxylic acids is 1. The summed E-state index contributed by atoms with van der Waals surface area (Å²) in [6.45, 7) is 12.7. The minimum atomic E-state index is -1.37. The lowest BCUT2D eigenvalue weighted by Gasteiger charge is -2.19. The molecule has 0 fully saturated rings. The van der Waals surface area contributed by atoms with E-state index >= 15 is 0 Å². The summed E-state index contributed by atoms with van der Waals surface area (Å²) in [4.78, 5) is 27.0. The van der Waals surface area contributed by atoms with Crippen molar-refractivity contribution in [1.29, 1.82) is 0 Å². The fraction of sp³-hybridized carbons (Fsp3) is 0.226. The van der Waals surface area contributed by atoms with Crippen LogP contribution in [-0.4, -0.2) is 29.6 Å². The van der Waals surface area contributed by atoms with Crippen molar-refractivity contribution in [3.63, 3.8) is 0 Å². The van der Waals surface area contributed by atoms with E-state index in [0.717, 1.165) is 39.7 Å². The van der Waals surface area contributed by atoms with Gasteiger partial charge in [-0.3, -0.25) is 4.79 Å². The monoisotopic (exact) mass is 514 g/mol. The minimum absolute atomic E-state index is 0.139. The quantitative estimate of drug-likeness (QED) is 0.353. The van der Waals surface area contributed by atoms with Crippen LogP contribution >= 0.6 is 0 Å². The number of hydrogen-bond acceptors (Lipinski definition) is 5. The molecular weight excluding hydrogens is 483 g/mol. The molecule has 38 heavy (non-hydrogen) atoms. The van der Waals surface area contributed by atoms with Gasteiger partial charge >= 0.3 is 5.97 Å². The SMILES string of the molecule is C=c1c(C)cc(-c2cc(=O)c3cc(C)cc(C(C)Nc4cccc(F)c4C(=O)O)c3o2)c/c1=C/N(C)CC. The first kappa shape index (κ1) is 26.7. The standard InChI is InChI=1S/C31H31FN2O4/c1-7-34(6)16-22-14-21(13-18(3)19(22)4)28-15-27(35)24-12-17(2)11-23(30(24)38-28)20(5)33-26-10-8-9-25(32)29(26)31(36)37/h8-16,20,33H,4,7H2,1-3,5-6H3,(H,36,37)/b22-16-. The van der Waals surface area contributed by atoms with Crippen molar-refractivity contribution in [2.75, 3.05) is 18.9 Å². The highest BCUT2D eigenvalue weighted by atomic mass is 19.1. The Labute approximate surface area is 220 Å². The maximum absolute atomic E-state index is 14.3. The van der Waals surface area contributed by atoms with Crippen molar-refractivity contribution >= 4 is 35.4 Å². The van der Waals surface area contributed by atoms with Crippen molar-refractivity contribution in [1.82, 2.24) is 4.90 Å². The Morgan fingerprint density at radius 2 is 1.95 bits per heavy atom. The van der Waals surface area contributed by atoms with Gasteiger partial charge < -0.3 is 19.7 Å². The zero-order valence-electron chi connectivity index (χ0n) is 22.2. The van der Waals surface area contributed by atoms with E-state index in [4.69, 9.17) is 4.42 Å². The van der Waals surface area contributed by atoms with Crippen molar-refractivity contribution in [3.05, 3.63) is 97.3 Å². The highest BCUT2D eigenvalue weighted by Crippen LogP contribution is 2.31. The van der Waals surface area contributed by atoms with E-state index in [0.29, 0.717) is 22.3 Å². The zero-order chi connectivity index (χ0) is 27.7. The Morgan fingerprint density at radius 1 is 1.21 bits per heavy atom. The molecule has 3 aromatic carbocycles. The van der Waals surface area contributed by atoms with Crippen LogP contribution in [0.1, 0.15) is 46.9 Å². The lowest BCUT2D eigenvalue weighted by Crippen LogP contribution is -2.29. The summed E-state index contributed by atoms with van der Waals surface area (Å²) >= 11 is 0. The molecule has 1 heterocycles. The van der Waals surface area contributed by atoms with Crippen molar-refractivity contribution in [3.8, 4) is 11.3 Å². The van der Waals surface area contributed by atoms with E-state index in [1.54, 1.807) is 6.07 Å². The van der Waals surface area contributed by atoms with Gasteiger partial charge in [-0.05, 0) is 79.6 Å². The predicted molar refractivity (Wildman–Crippen MR) is 150 cm³/mol. The normalized spacial score (nSPS) is 12.5. The van der Waals surface area contributed by atoms with Gasteiger partial charge in [0.2, 0.25) is 0 Å². The highest BCUT2D eigenvalue weighted by molar-refractivity contribution is 5.94. The van der Waals surface area contributed by atoms with Gasteiger partial charge in [-0.25, -0.2) is 9.18 Å². The number of hydrogen-bond donors (Lipinski definition) is 2. The number of carboxylic acids is 1. The second-order valence-corrected chi connectivity index (χ2v) is 9.60. The summed E-state index contributed by atoms with van der Waals surface area (Å²) in [5, 5.41) is 14.9. The van der Waals surface area contributed by atoms with Crippen LogP contribution in [0, 0.1) is 19.7 Å². The first-order chi connectivity index (χ1) is 18.0. The molecule has 1 atom stereocenters. The molecule has 0 saturated heterocycles. The van der Waals surface area contributed by atoms with Crippen molar-refractivity contribution < 1.29 is 18.7 Å². The molecule has 0 radical (unpaired) electrons. The van der Waals surface area contributed by atoms with E-state index in [9.17, 15) is 19.1 Å². The lowest BCUT2D eigenvalue weighted by atomic mass is 9.99. The van der Waals surface area contributed by atoms with Gasteiger partial charge in [0, 0.05) is 37.0 Å². The van der Waals surface area contributed by atoms with Gasteiger partial charge in [0.05, 0.1) is 17.1 Å². The van der Waals surface area contributed by atoms with E-state index in [1.165, 1.54) is 18.2 Å². The molecule has 7 heteroatoms. The second-order valence-electron chi connectivity index (χ2n) is 9.60. The van der Waals surface area contributed by atoms with Gasteiger partial charge in [0.25, 0.3) is 0 Å². The molecule has 0 aliphatic carbocycles. The molecule has 6 nitrogen and oxygen atoms in total. The Balaban J connectivity index is 1.89. The fourth-order valence-corrected chi connectivity index (χ4v) is 4.50. The average Bonchev–Trinajstić information content (AvgIpc) is 2.86. The largest absolute Gasteiger partial charge is 0.478 e. The molecular formula is C31H31FN2O4. The van der Waals surface area contributed by atoms with Gasteiger partial charge in [0.15, 0.2) is 5.43 Å². The molecule has 0 amide bonds. The van der Waals surface area contributed by atoms with E-state index in [-0.39, 0.29) is 11.1 Å². The maximum atomic E-state index is 14.3. The minimum Gasteiger partial charge on any atom is -0.478 e. The smallest absolute Gasteiger partial charge is 0.340 e. The molecule has 0 spiro atoms. The third kappa shape index (κ3) is 5.18. The van der Waals surface area contributed by atoms with Crippen molar-refractivity contribution in [2.24, 2.45) is 0 Å². The topological polar surface area (TPSA) is 82.8 Å². The van der Waals surface area contributed by atoms with Gasteiger partial charge in [-0.1, -0.05) is 18.7 Å². The summed E-state index contributed by atoms with van der Waals surface area (Å²) in [5.74, 6) is -1.79. The number of halogens is 1. The third-order valence-electron chi connectivity index (χ3n) is 6.72. The zero-order valence-corrected chi connectivity index (χ0v) is 22.2. The fourth-order valence-electron chi connectivity index (χ4n) is 4.50. The summed E-state index contributed by atoms with van der Waals surface area (Å²) in [6.07, 6.45) is 2.01. The van der Waals surface area contributed by atoms with E-state index < -0.39 is 23.4 Å². The highest BCUT2D eigenvalue weighted by Gasteiger charge is 2.20. The van der Waals surface area contributed by atoms with Gasteiger partial charge in [0.1, 0.15) is 22.7 Å². The van der Waals surface area contributed by atoms with Crippen LogP contribution in [0.15, 0.2) is 57.7 Å². The van der Waals surface area contributed by atoms with Crippen LogP contribution in [0.5, 0.6) is 0 Å². The summed E-state index contributed by atoms with van der Waals surface area (Å²) in [7, 11) is 1.98. The first-order valence-electron chi connectivity index (χ1n) is 12.4. The molecule has 1 unspecified atom stereocenters. The van der Waals surface area contributed by atoms with E-state index in [1.807, 2.05) is 52.2 Å². The van der Waals surface area contributed by atoms with Crippen LogP contribution in [-0.2, 0) is 0 Å². The summed E-state index contributed by atoms with van der Waals surface area (Å²) in [6, 6.07) is 12.6. The number of carboxylic acid groups (broad SMARTS) is 1. The van der Waals surface area contributed by atoms with Crippen molar-refractivity contribution in [2.45, 2.75) is 33.7 Å². The number of rotatable bonds is 7. The number of aryl methyl sites for hydroxylation is 2. The Bertz CT molecular complexity index is 1730. The number of nitrogens with one attached hydrogen (secondary N) is 1. The molecule has 0 aliphatic rings. The maximum Gasteiger partial charge on any atom is 0.340 e. The predicted octanol–water partition coefficient (Wildman–Crippen LogP) is 5.19. The van der Waals surface area contributed by atoms with Gasteiger partial charge in [-0.15, -0.1) is 0 Å². The van der Waals surface area contributed by atoms with Crippen LogP contribution in [0.3, 0.4) is 0 Å². The number of fused-ring (bicyclic) bond motifs is 1. The molecule has 4 rings (SSSR count). The molecule has 1 aromatic heterocycles. The van der Waals surface area contributed by atoms with E-state index in [2.05, 4.69) is 23.7 Å². The average molecular weight is 515 g/mol. The Kier molecular flexibility index (Phi) is 7.39. The number of anilines is 1. The first-order valence-corrected chi connectivity index (χ1v) is 12.4.